The number of hydrogen-bond acceptors (Lipinski definition) is 5. The fraction of sp³-hybridized carbons (Fsp3) is 0.375. The van der Waals surface area contributed by atoms with Gasteiger partial charge in [0.15, 0.2) is 5.16 Å². The lowest BCUT2D eigenvalue weighted by atomic mass is 9.99. The molecule has 1 fully saturated rings. The molecule has 1 saturated heterocycles. The molecule has 1 atom stereocenters. The number of rotatable bonds is 4. The maximum Gasteiger partial charge on any atom is 0.191 e. The minimum absolute atomic E-state index is 0.594. The molecular weight excluding hydrogens is 280 g/mol. The van der Waals surface area contributed by atoms with Crippen LogP contribution in [-0.4, -0.2) is 36.4 Å². The van der Waals surface area contributed by atoms with Crippen LogP contribution in [0.3, 0.4) is 0 Å². The predicted molar refractivity (Wildman–Crippen MR) is 89.4 cm³/mol. The van der Waals surface area contributed by atoms with Gasteiger partial charge in [-0.1, -0.05) is 42.1 Å². The van der Waals surface area contributed by atoms with Crippen LogP contribution in [0.5, 0.6) is 0 Å². The number of benzene rings is 1. The highest BCUT2D eigenvalue weighted by Gasteiger charge is 2.25. The van der Waals surface area contributed by atoms with Gasteiger partial charge in [0.05, 0.1) is 0 Å². The monoisotopic (exact) mass is 300 g/mol. The van der Waals surface area contributed by atoms with E-state index in [-0.39, 0.29) is 0 Å². The fourth-order valence-electron chi connectivity index (χ4n) is 2.76. The summed E-state index contributed by atoms with van der Waals surface area (Å²) in [6.07, 6.45) is 3.19. The topological polar surface area (TPSA) is 41.0 Å². The molecule has 2 heterocycles. The molecule has 0 bridgehead atoms. The summed E-state index contributed by atoms with van der Waals surface area (Å²) in [5.41, 5.74) is 1.42. The van der Waals surface area contributed by atoms with Gasteiger partial charge in [-0.2, -0.15) is 0 Å². The third kappa shape index (κ3) is 3.13. The molecule has 0 spiro atoms. The second-order valence-corrected chi connectivity index (χ2v) is 5.96. The Balaban J connectivity index is 1.80. The first kappa shape index (κ1) is 14.2. The lowest BCUT2D eigenvalue weighted by molar-refractivity contribution is 0.773. The summed E-state index contributed by atoms with van der Waals surface area (Å²) in [7, 11) is 1.90. The van der Waals surface area contributed by atoms with E-state index < -0.39 is 0 Å². The molecule has 4 nitrogen and oxygen atoms in total. The van der Waals surface area contributed by atoms with Crippen LogP contribution in [0.15, 0.2) is 41.6 Å². The highest BCUT2D eigenvalue weighted by atomic mass is 32.2. The predicted octanol–water partition coefficient (Wildman–Crippen LogP) is 3.23. The molecule has 0 radical (unpaired) electrons. The number of nitrogens with one attached hydrogen (secondary N) is 1. The maximum atomic E-state index is 4.65. The fourth-order valence-corrected chi connectivity index (χ4v) is 3.13. The number of anilines is 2. The molecule has 0 amide bonds. The zero-order valence-electron chi connectivity index (χ0n) is 12.4. The van der Waals surface area contributed by atoms with Crippen LogP contribution in [0.2, 0.25) is 0 Å². The van der Waals surface area contributed by atoms with Gasteiger partial charge in [0.1, 0.15) is 11.6 Å². The Morgan fingerprint density at radius 3 is 2.76 bits per heavy atom. The van der Waals surface area contributed by atoms with Crippen molar-refractivity contribution in [2.24, 2.45) is 0 Å². The average Bonchev–Trinajstić information content (AvgIpc) is 3.05. The van der Waals surface area contributed by atoms with Crippen molar-refractivity contribution in [1.29, 1.82) is 0 Å². The average molecular weight is 300 g/mol. The Morgan fingerprint density at radius 2 is 2.05 bits per heavy atom. The van der Waals surface area contributed by atoms with Crippen molar-refractivity contribution in [3.63, 3.8) is 0 Å². The molecular formula is C16H20N4S. The van der Waals surface area contributed by atoms with Crippen molar-refractivity contribution in [3.8, 4) is 0 Å². The van der Waals surface area contributed by atoms with Gasteiger partial charge in [0, 0.05) is 32.1 Å². The SMILES string of the molecule is CNc1cc(N2CCC(c3ccccc3)C2)nc(SC)n1. The number of hydrogen-bond donors (Lipinski definition) is 1. The van der Waals surface area contributed by atoms with E-state index in [4.69, 9.17) is 0 Å². The molecule has 1 aromatic heterocycles. The lowest BCUT2D eigenvalue weighted by Gasteiger charge is -2.19. The van der Waals surface area contributed by atoms with Gasteiger partial charge in [0.2, 0.25) is 0 Å². The summed E-state index contributed by atoms with van der Waals surface area (Å²) in [4.78, 5) is 11.4. The van der Waals surface area contributed by atoms with Crippen molar-refractivity contribution < 1.29 is 0 Å². The van der Waals surface area contributed by atoms with Gasteiger partial charge in [-0.25, -0.2) is 9.97 Å². The van der Waals surface area contributed by atoms with Gasteiger partial charge in [-0.05, 0) is 18.2 Å². The van der Waals surface area contributed by atoms with Gasteiger partial charge >= 0.3 is 0 Å². The molecule has 0 saturated carbocycles. The van der Waals surface area contributed by atoms with E-state index in [2.05, 4.69) is 50.5 Å². The Labute approximate surface area is 130 Å². The lowest BCUT2D eigenvalue weighted by Crippen LogP contribution is -2.21. The summed E-state index contributed by atoms with van der Waals surface area (Å²) in [5, 5.41) is 3.94. The van der Waals surface area contributed by atoms with Crippen LogP contribution in [0.25, 0.3) is 0 Å². The molecule has 2 aromatic rings. The van der Waals surface area contributed by atoms with E-state index in [9.17, 15) is 0 Å². The normalized spacial score (nSPS) is 18.0. The molecule has 1 unspecified atom stereocenters. The third-order valence-electron chi connectivity index (χ3n) is 3.91. The summed E-state index contributed by atoms with van der Waals surface area (Å²) in [6.45, 7) is 2.07. The standard InChI is InChI=1S/C16H20N4S/c1-17-14-10-15(19-16(18-14)21-2)20-9-8-13(11-20)12-6-4-3-5-7-12/h3-7,10,13H,8-9,11H2,1-2H3,(H,17,18,19). The summed E-state index contributed by atoms with van der Waals surface area (Å²) < 4.78 is 0. The van der Waals surface area contributed by atoms with E-state index in [1.54, 1.807) is 11.8 Å². The van der Waals surface area contributed by atoms with Crippen LogP contribution >= 0.6 is 11.8 Å². The Hall–Kier alpha value is -1.75. The Bertz CT molecular complexity index is 580. The van der Waals surface area contributed by atoms with Crippen LogP contribution < -0.4 is 10.2 Å². The van der Waals surface area contributed by atoms with E-state index in [0.29, 0.717) is 5.92 Å². The van der Waals surface area contributed by atoms with Crippen molar-refractivity contribution in [1.82, 2.24) is 9.97 Å². The zero-order chi connectivity index (χ0) is 14.7. The second kappa shape index (κ2) is 6.35. The smallest absolute Gasteiger partial charge is 0.191 e. The Morgan fingerprint density at radius 1 is 1.24 bits per heavy atom. The van der Waals surface area contributed by atoms with Crippen molar-refractivity contribution in [2.45, 2.75) is 17.5 Å². The maximum absolute atomic E-state index is 4.65. The summed E-state index contributed by atoms with van der Waals surface area (Å²) in [6, 6.07) is 12.8. The van der Waals surface area contributed by atoms with E-state index in [1.807, 2.05) is 19.4 Å². The quantitative estimate of drug-likeness (QED) is 0.693. The minimum atomic E-state index is 0.594. The first-order valence-corrected chi connectivity index (χ1v) is 8.43. The molecule has 1 aliphatic rings. The van der Waals surface area contributed by atoms with Gasteiger partial charge in [-0.3, -0.25) is 0 Å². The molecule has 21 heavy (non-hydrogen) atoms. The minimum Gasteiger partial charge on any atom is -0.373 e. The van der Waals surface area contributed by atoms with E-state index >= 15 is 0 Å². The van der Waals surface area contributed by atoms with Crippen molar-refractivity contribution in [3.05, 3.63) is 42.0 Å². The van der Waals surface area contributed by atoms with E-state index in [0.717, 1.165) is 29.9 Å². The molecule has 1 aliphatic heterocycles. The van der Waals surface area contributed by atoms with Crippen LogP contribution in [0.1, 0.15) is 17.9 Å². The van der Waals surface area contributed by atoms with E-state index in [1.165, 1.54) is 12.0 Å². The molecule has 1 N–H and O–H groups in total. The molecule has 0 aliphatic carbocycles. The molecule has 5 heteroatoms. The van der Waals surface area contributed by atoms with Crippen molar-refractivity contribution in [2.75, 3.05) is 36.6 Å². The largest absolute Gasteiger partial charge is 0.373 e. The van der Waals surface area contributed by atoms with Crippen LogP contribution in [-0.2, 0) is 0 Å². The first-order valence-electron chi connectivity index (χ1n) is 7.21. The number of thioether (sulfide) groups is 1. The molecule has 3 rings (SSSR count). The van der Waals surface area contributed by atoms with Crippen LogP contribution in [0, 0.1) is 0 Å². The van der Waals surface area contributed by atoms with Gasteiger partial charge in [0.25, 0.3) is 0 Å². The highest BCUT2D eigenvalue weighted by Crippen LogP contribution is 2.31. The summed E-state index contributed by atoms with van der Waals surface area (Å²) >= 11 is 1.58. The van der Waals surface area contributed by atoms with Gasteiger partial charge in [-0.15, -0.1) is 0 Å². The van der Waals surface area contributed by atoms with Gasteiger partial charge < -0.3 is 10.2 Å². The molecule has 110 valence electrons. The van der Waals surface area contributed by atoms with Crippen molar-refractivity contribution >= 4 is 23.4 Å². The number of aromatic nitrogens is 2. The third-order valence-corrected chi connectivity index (χ3v) is 4.46. The molecule has 1 aromatic carbocycles. The Kier molecular flexibility index (Phi) is 4.29. The second-order valence-electron chi connectivity index (χ2n) is 5.19. The highest BCUT2D eigenvalue weighted by molar-refractivity contribution is 7.98. The zero-order valence-corrected chi connectivity index (χ0v) is 13.2. The summed E-state index contributed by atoms with van der Waals surface area (Å²) in [5.74, 6) is 2.50. The van der Waals surface area contributed by atoms with Crippen LogP contribution in [0.4, 0.5) is 11.6 Å². The first-order chi connectivity index (χ1) is 10.3. The number of nitrogens with zero attached hydrogens (tertiary/aromatic N) is 3.